The molecule has 2 aromatic rings. The molecule has 124 valence electrons. The smallest absolute Gasteiger partial charge is 0.233 e. The van der Waals surface area contributed by atoms with Crippen molar-refractivity contribution in [3.05, 3.63) is 56.2 Å². The number of amidine groups is 1. The van der Waals surface area contributed by atoms with Crippen molar-refractivity contribution in [1.29, 1.82) is 10.8 Å². The Morgan fingerprint density at radius 2 is 2.17 bits per heavy atom. The standard InChI is InChI=1S/C17H16BrN3OS2/c1-17(15(22)21-16(20)23-9-19)8-12-11(7-13(18)24-12)14(17)10-5-3-2-4-6-10/h2-7,9,14,19H,8H2,1H3,(H2,20,21,22)/t14?,17-/m0/s1. The Balaban J connectivity index is 2.00. The quantitative estimate of drug-likeness (QED) is 0.500. The second-order valence-electron chi connectivity index (χ2n) is 5.89. The Hall–Kier alpha value is -1.44. The first kappa shape index (κ1) is 17.4. The summed E-state index contributed by atoms with van der Waals surface area (Å²) in [5.41, 5.74) is 2.67. The lowest BCUT2D eigenvalue weighted by molar-refractivity contribution is -0.128. The zero-order valence-electron chi connectivity index (χ0n) is 12.9. The number of hydrogen-bond acceptors (Lipinski definition) is 5. The van der Waals surface area contributed by atoms with Gasteiger partial charge < -0.3 is 10.7 Å². The van der Waals surface area contributed by atoms with E-state index in [0.717, 1.165) is 26.7 Å². The number of benzene rings is 1. The van der Waals surface area contributed by atoms with Crippen molar-refractivity contribution in [3.8, 4) is 0 Å². The van der Waals surface area contributed by atoms with Crippen molar-refractivity contribution in [1.82, 2.24) is 5.32 Å². The molecular formula is C17H16BrN3OS2. The highest BCUT2D eigenvalue weighted by Crippen LogP contribution is 2.54. The van der Waals surface area contributed by atoms with Gasteiger partial charge in [-0.05, 0) is 58.2 Å². The van der Waals surface area contributed by atoms with Crippen LogP contribution < -0.4 is 5.32 Å². The maximum atomic E-state index is 12.9. The number of amides is 1. The molecule has 0 saturated heterocycles. The predicted octanol–water partition coefficient (Wildman–Crippen LogP) is 4.60. The monoisotopic (exact) mass is 421 g/mol. The molecule has 7 heteroatoms. The van der Waals surface area contributed by atoms with E-state index in [-0.39, 0.29) is 17.0 Å². The van der Waals surface area contributed by atoms with Crippen LogP contribution in [-0.4, -0.2) is 16.6 Å². The number of carbonyl (C=O) groups is 1. The summed E-state index contributed by atoms with van der Waals surface area (Å²) >= 11 is 6.11. The molecule has 0 aliphatic heterocycles. The third-order valence-corrected chi connectivity index (χ3v) is 6.45. The van der Waals surface area contributed by atoms with Crippen LogP contribution in [0, 0.1) is 16.2 Å². The van der Waals surface area contributed by atoms with Crippen LogP contribution in [0.4, 0.5) is 0 Å². The fourth-order valence-corrected chi connectivity index (χ4v) is 5.50. The molecule has 1 unspecified atom stereocenters. The van der Waals surface area contributed by atoms with Crippen molar-refractivity contribution >= 4 is 55.7 Å². The molecule has 1 amide bonds. The number of rotatable bonds is 3. The van der Waals surface area contributed by atoms with Gasteiger partial charge in [-0.3, -0.25) is 10.2 Å². The first-order chi connectivity index (χ1) is 11.5. The van der Waals surface area contributed by atoms with Gasteiger partial charge >= 0.3 is 0 Å². The van der Waals surface area contributed by atoms with Gasteiger partial charge in [0.05, 0.1) is 14.7 Å². The van der Waals surface area contributed by atoms with Crippen molar-refractivity contribution in [2.45, 2.75) is 19.3 Å². The van der Waals surface area contributed by atoms with Gasteiger partial charge in [-0.1, -0.05) is 30.3 Å². The van der Waals surface area contributed by atoms with E-state index in [0.29, 0.717) is 6.42 Å². The Labute approximate surface area is 157 Å². The minimum atomic E-state index is -0.655. The van der Waals surface area contributed by atoms with E-state index in [1.165, 1.54) is 10.4 Å². The molecule has 4 nitrogen and oxygen atoms in total. The number of carbonyl (C=O) groups excluding carboxylic acids is 1. The topological polar surface area (TPSA) is 76.8 Å². The maximum absolute atomic E-state index is 12.9. The van der Waals surface area contributed by atoms with Gasteiger partial charge in [0, 0.05) is 10.8 Å². The zero-order chi connectivity index (χ0) is 17.3. The summed E-state index contributed by atoms with van der Waals surface area (Å²) in [6.45, 7) is 1.96. The molecule has 1 aromatic carbocycles. The van der Waals surface area contributed by atoms with Crippen LogP contribution in [0.1, 0.15) is 28.8 Å². The summed E-state index contributed by atoms with van der Waals surface area (Å²) in [7, 11) is 0. The van der Waals surface area contributed by atoms with E-state index >= 15 is 0 Å². The van der Waals surface area contributed by atoms with E-state index in [1.807, 2.05) is 25.1 Å². The first-order valence-electron chi connectivity index (χ1n) is 7.34. The van der Waals surface area contributed by atoms with Gasteiger partial charge in [-0.2, -0.15) is 0 Å². The van der Waals surface area contributed by atoms with E-state index in [4.69, 9.17) is 10.8 Å². The van der Waals surface area contributed by atoms with Crippen LogP contribution >= 0.6 is 39.0 Å². The molecule has 0 bridgehead atoms. The fraction of sp³-hybridized carbons (Fsp3) is 0.235. The van der Waals surface area contributed by atoms with Gasteiger partial charge in [0.25, 0.3) is 0 Å². The lowest BCUT2D eigenvalue weighted by atomic mass is 9.73. The Morgan fingerprint density at radius 3 is 2.83 bits per heavy atom. The summed E-state index contributed by atoms with van der Waals surface area (Å²) in [6.07, 6.45) is 0.645. The van der Waals surface area contributed by atoms with Crippen LogP contribution in [0.15, 0.2) is 40.2 Å². The number of thiophene rings is 1. The lowest BCUT2D eigenvalue weighted by Gasteiger charge is -2.31. The van der Waals surface area contributed by atoms with E-state index < -0.39 is 5.41 Å². The van der Waals surface area contributed by atoms with Crippen molar-refractivity contribution in [2.75, 3.05) is 0 Å². The molecule has 1 aliphatic rings. The molecule has 1 heterocycles. The Bertz CT molecular complexity index is 805. The molecular weight excluding hydrogens is 406 g/mol. The van der Waals surface area contributed by atoms with E-state index in [1.54, 1.807) is 11.3 Å². The Morgan fingerprint density at radius 1 is 1.46 bits per heavy atom. The predicted molar refractivity (Wildman–Crippen MR) is 104 cm³/mol. The van der Waals surface area contributed by atoms with Gasteiger partial charge in [0.2, 0.25) is 5.91 Å². The maximum Gasteiger partial charge on any atom is 0.233 e. The summed E-state index contributed by atoms with van der Waals surface area (Å²) < 4.78 is 1.07. The van der Waals surface area contributed by atoms with Crippen LogP contribution in [0.2, 0.25) is 0 Å². The van der Waals surface area contributed by atoms with Gasteiger partial charge in [-0.25, -0.2) is 0 Å². The average Bonchev–Trinajstić information content (AvgIpc) is 3.01. The van der Waals surface area contributed by atoms with Crippen molar-refractivity contribution < 1.29 is 4.79 Å². The summed E-state index contributed by atoms with van der Waals surface area (Å²) in [5, 5.41) is 17.5. The number of hydrogen-bond donors (Lipinski definition) is 3. The van der Waals surface area contributed by atoms with Gasteiger partial charge in [-0.15, -0.1) is 11.3 Å². The SMILES string of the molecule is C[C@]1(C(=O)NC(=N)SC=N)Cc2sc(Br)cc2C1c1ccccc1. The molecule has 0 saturated carbocycles. The van der Waals surface area contributed by atoms with Crippen LogP contribution in [-0.2, 0) is 11.2 Å². The third-order valence-electron chi connectivity index (χ3n) is 4.34. The molecule has 1 aliphatic carbocycles. The molecule has 2 atom stereocenters. The highest BCUT2D eigenvalue weighted by molar-refractivity contribution is 9.11. The second-order valence-corrected chi connectivity index (χ2v) is 9.28. The normalized spacial score (nSPS) is 22.0. The number of halogens is 1. The minimum Gasteiger partial charge on any atom is -0.305 e. The lowest BCUT2D eigenvalue weighted by Crippen LogP contribution is -2.43. The Kier molecular flexibility index (Phi) is 4.94. The average molecular weight is 422 g/mol. The van der Waals surface area contributed by atoms with Crippen LogP contribution in [0.25, 0.3) is 0 Å². The molecule has 3 N–H and O–H groups in total. The number of thioether (sulfide) groups is 1. The third kappa shape index (κ3) is 3.08. The largest absolute Gasteiger partial charge is 0.305 e. The van der Waals surface area contributed by atoms with Gasteiger partial charge in [0.1, 0.15) is 0 Å². The molecule has 0 spiro atoms. The van der Waals surface area contributed by atoms with Gasteiger partial charge in [0.15, 0.2) is 5.17 Å². The highest BCUT2D eigenvalue weighted by atomic mass is 79.9. The van der Waals surface area contributed by atoms with Crippen LogP contribution in [0.5, 0.6) is 0 Å². The molecule has 0 fully saturated rings. The highest BCUT2D eigenvalue weighted by Gasteiger charge is 2.49. The van der Waals surface area contributed by atoms with Crippen LogP contribution in [0.3, 0.4) is 0 Å². The van der Waals surface area contributed by atoms with Crippen molar-refractivity contribution in [2.24, 2.45) is 5.41 Å². The summed E-state index contributed by atoms with van der Waals surface area (Å²) in [5.74, 6) is -0.218. The molecule has 1 aromatic heterocycles. The van der Waals surface area contributed by atoms with Crippen molar-refractivity contribution in [3.63, 3.8) is 0 Å². The van der Waals surface area contributed by atoms with E-state index in [2.05, 4.69) is 39.4 Å². The molecule has 3 rings (SSSR count). The number of fused-ring (bicyclic) bond motifs is 1. The number of nitrogens with one attached hydrogen (secondary N) is 3. The van der Waals surface area contributed by atoms with E-state index in [9.17, 15) is 4.79 Å². The summed E-state index contributed by atoms with van der Waals surface area (Å²) in [4.78, 5) is 14.1. The molecule has 0 radical (unpaired) electrons. The fourth-order valence-electron chi connectivity index (χ4n) is 3.31. The first-order valence-corrected chi connectivity index (χ1v) is 9.83. The zero-order valence-corrected chi connectivity index (χ0v) is 16.1. The second kappa shape index (κ2) is 6.82. The summed E-state index contributed by atoms with van der Waals surface area (Å²) in [6, 6.07) is 12.1. The molecule has 24 heavy (non-hydrogen) atoms. The minimum absolute atomic E-state index is 0.0144.